The molecule has 0 aliphatic rings. The van der Waals surface area contributed by atoms with Gasteiger partial charge in [-0.3, -0.25) is 9.78 Å². The first-order valence-corrected chi connectivity index (χ1v) is 7.14. The Morgan fingerprint density at radius 2 is 2.04 bits per heavy atom. The third kappa shape index (κ3) is 2.50. The van der Waals surface area contributed by atoms with Gasteiger partial charge in [0.05, 0.1) is 18.1 Å². The van der Waals surface area contributed by atoms with Gasteiger partial charge in [-0.2, -0.15) is 10.2 Å². The molecule has 0 amide bonds. The van der Waals surface area contributed by atoms with Crippen LogP contribution in [0.3, 0.4) is 0 Å². The Morgan fingerprint density at radius 3 is 2.91 bits per heavy atom. The number of nitrogens with one attached hydrogen (secondary N) is 2. The van der Waals surface area contributed by atoms with Crippen molar-refractivity contribution in [3.63, 3.8) is 0 Å². The van der Waals surface area contributed by atoms with Crippen LogP contribution in [0.1, 0.15) is 5.82 Å². The van der Waals surface area contributed by atoms with Crippen molar-refractivity contribution in [2.75, 3.05) is 5.32 Å². The number of hydrogen-bond acceptors (Lipinski definition) is 6. The quantitative estimate of drug-likeness (QED) is 0.596. The van der Waals surface area contributed by atoms with Crippen molar-refractivity contribution in [3.05, 3.63) is 48.7 Å². The Hall–Kier alpha value is -3.29. The zero-order valence-corrected chi connectivity index (χ0v) is 12.4. The van der Waals surface area contributed by atoms with E-state index in [4.69, 9.17) is 0 Å². The van der Waals surface area contributed by atoms with Crippen LogP contribution in [0.4, 0.5) is 5.82 Å². The fourth-order valence-corrected chi connectivity index (χ4v) is 2.36. The first-order valence-electron chi connectivity index (χ1n) is 7.14. The van der Waals surface area contributed by atoms with Gasteiger partial charge >= 0.3 is 0 Å². The maximum Gasteiger partial charge on any atom is 0.181 e. The molecule has 0 atom stereocenters. The molecule has 4 aromatic rings. The highest BCUT2D eigenvalue weighted by Crippen LogP contribution is 2.18. The van der Waals surface area contributed by atoms with Crippen molar-refractivity contribution in [2.45, 2.75) is 6.54 Å². The number of nitrogens with zero attached hydrogens (tertiary/aromatic N) is 6. The predicted molar refractivity (Wildman–Crippen MR) is 85.4 cm³/mol. The van der Waals surface area contributed by atoms with E-state index in [9.17, 15) is 0 Å². The summed E-state index contributed by atoms with van der Waals surface area (Å²) in [4.78, 5) is 13.0. The SMILES string of the molecule is Cn1ncc2c(NCc3nc(-c4ccccc4)n[nH]3)ncnc21. The molecular formula is C15H14N8. The van der Waals surface area contributed by atoms with Gasteiger partial charge < -0.3 is 5.32 Å². The fourth-order valence-electron chi connectivity index (χ4n) is 2.36. The van der Waals surface area contributed by atoms with Crippen molar-refractivity contribution in [3.8, 4) is 11.4 Å². The standard InChI is InChI=1S/C15H14N8/c1-23-15-11(7-19-23)14(17-9-18-15)16-8-12-20-13(22-21-12)10-5-3-2-4-6-10/h2-7,9H,8H2,1H3,(H,16,17,18)(H,20,21,22). The fraction of sp³-hybridized carbons (Fsp3) is 0.133. The van der Waals surface area contributed by atoms with E-state index < -0.39 is 0 Å². The molecular weight excluding hydrogens is 292 g/mol. The molecule has 0 aliphatic carbocycles. The second-order valence-corrected chi connectivity index (χ2v) is 5.05. The number of fused-ring (bicyclic) bond motifs is 1. The first-order chi connectivity index (χ1) is 11.3. The molecule has 2 N–H and O–H groups in total. The van der Waals surface area contributed by atoms with E-state index in [1.165, 1.54) is 6.33 Å². The molecule has 3 heterocycles. The van der Waals surface area contributed by atoms with E-state index in [1.54, 1.807) is 10.9 Å². The van der Waals surface area contributed by atoms with Crippen LogP contribution < -0.4 is 5.32 Å². The number of benzene rings is 1. The van der Waals surface area contributed by atoms with E-state index in [2.05, 4.69) is 35.6 Å². The summed E-state index contributed by atoms with van der Waals surface area (Å²) in [6, 6.07) is 9.84. The summed E-state index contributed by atoms with van der Waals surface area (Å²) in [7, 11) is 1.85. The Balaban J connectivity index is 1.54. The molecule has 1 aromatic carbocycles. The third-order valence-corrected chi connectivity index (χ3v) is 3.52. The van der Waals surface area contributed by atoms with E-state index in [1.807, 2.05) is 37.4 Å². The molecule has 0 saturated heterocycles. The summed E-state index contributed by atoms with van der Waals surface area (Å²) in [6.45, 7) is 0.487. The molecule has 114 valence electrons. The zero-order chi connectivity index (χ0) is 15.6. The van der Waals surface area contributed by atoms with Crippen LogP contribution in [0.25, 0.3) is 22.4 Å². The van der Waals surface area contributed by atoms with Gasteiger partial charge in [0.15, 0.2) is 11.5 Å². The average Bonchev–Trinajstić information content (AvgIpc) is 3.22. The topological polar surface area (TPSA) is 97.2 Å². The summed E-state index contributed by atoms with van der Waals surface area (Å²) in [5, 5.41) is 15.5. The van der Waals surface area contributed by atoms with E-state index >= 15 is 0 Å². The van der Waals surface area contributed by atoms with Crippen LogP contribution >= 0.6 is 0 Å². The number of aromatic amines is 1. The van der Waals surface area contributed by atoms with Gasteiger partial charge in [-0.1, -0.05) is 30.3 Å². The Kier molecular flexibility index (Phi) is 3.19. The van der Waals surface area contributed by atoms with Crippen LogP contribution in [-0.2, 0) is 13.6 Å². The van der Waals surface area contributed by atoms with Gasteiger partial charge in [-0.05, 0) is 0 Å². The summed E-state index contributed by atoms with van der Waals surface area (Å²) >= 11 is 0. The molecule has 8 nitrogen and oxygen atoms in total. The summed E-state index contributed by atoms with van der Waals surface area (Å²) < 4.78 is 1.71. The lowest BCUT2D eigenvalue weighted by Crippen LogP contribution is -2.04. The molecule has 8 heteroatoms. The van der Waals surface area contributed by atoms with Crippen LogP contribution in [-0.4, -0.2) is 34.9 Å². The summed E-state index contributed by atoms with van der Waals surface area (Å²) in [6.07, 6.45) is 3.26. The van der Waals surface area contributed by atoms with Crippen molar-refractivity contribution >= 4 is 16.9 Å². The largest absolute Gasteiger partial charge is 0.362 e. The molecule has 23 heavy (non-hydrogen) atoms. The molecule has 0 saturated carbocycles. The van der Waals surface area contributed by atoms with Crippen LogP contribution in [0, 0.1) is 0 Å². The van der Waals surface area contributed by atoms with Gasteiger partial charge in [0.1, 0.15) is 18.0 Å². The number of anilines is 1. The first kappa shape index (κ1) is 13.4. The number of rotatable bonds is 4. The maximum absolute atomic E-state index is 4.49. The van der Waals surface area contributed by atoms with E-state index in [0.717, 1.165) is 28.2 Å². The molecule has 4 rings (SSSR count). The highest BCUT2D eigenvalue weighted by Gasteiger charge is 2.09. The van der Waals surface area contributed by atoms with Gasteiger partial charge in [0, 0.05) is 12.6 Å². The Labute approximate surface area is 131 Å². The lowest BCUT2D eigenvalue weighted by molar-refractivity contribution is 0.785. The normalized spacial score (nSPS) is 11.0. The Bertz CT molecular complexity index is 940. The van der Waals surface area contributed by atoms with Gasteiger partial charge in [0.2, 0.25) is 0 Å². The number of hydrogen-bond donors (Lipinski definition) is 2. The van der Waals surface area contributed by atoms with E-state index in [-0.39, 0.29) is 0 Å². The van der Waals surface area contributed by atoms with Crippen LogP contribution in [0.5, 0.6) is 0 Å². The lowest BCUT2D eigenvalue weighted by Gasteiger charge is -2.03. The molecule has 0 radical (unpaired) electrons. The van der Waals surface area contributed by atoms with Crippen LogP contribution in [0.15, 0.2) is 42.9 Å². The number of aromatic nitrogens is 7. The van der Waals surface area contributed by atoms with Crippen molar-refractivity contribution in [1.29, 1.82) is 0 Å². The van der Waals surface area contributed by atoms with Crippen molar-refractivity contribution < 1.29 is 0 Å². The van der Waals surface area contributed by atoms with E-state index in [0.29, 0.717) is 12.4 Å². The second-order valence-electron chi connectivity index (χ2n) is 5.05. The number of H-pyrrole nitrogens is 1. The molecule has 0 aliphatic heterocycles. The third-order valence-electron chi connectivity index (χ3n) is 3.52. The zero-order valence-electron chi connectivity index (χ0n) is 12.4. The van der Waals surface area contributed by atoms with Gasteiger partial charge in [0.25, 0.3) is 0 Å². The van der Waals surface area contributed by atoms with Gasteiger partial charge in [-0.15, -0.1) is 0 Å². The second kappa shape index (κ2) is 5.48. The molecule has 0 unspecified atom stereocenters. The smallest absolute Gasteiger partial charge is 0.181 e. The number of aryl methyl sites for hydroxylation is 1. The predicted octanol–water partition coefficient (Wildman–Crippen LogP) is 1.76. The molecule has 3 aromatic heterocycles. The van der Waals surface area contributed by atoms with Crippen molar-refractivity contribution in [1.82, 2.24) is 34.9 Å². The lowest BCUT2D eigenvalue weighted by atomic mass is 10.2. The van der Waals surface area contributed by atoms with Crippen molar-refractivity contribution in [2.24, 2.45) is 7.05 Å². The highest BCUT2D eigenvalue weighted by molar-refractivity contribution is 5.85. The molecule has 0 fully saturated rings. The Morgan fingerprint density at radius 1 is 1.17 bits per heavy atom. The minimum atomic E-state index is 0.487. The molecule has 0 spiro atoms. The van der Waals surface area contributed by atoms with Gasteiger partial charge in [-0.25, -0.2) is 15.0 Å². The minimum Gasteiger partial charge on any atom is -0.362 e. The summed E-state index contributed by atoms with van der Waals surface area (Å²) in [5.41, 5.74) is 1.76. The summed E-state index contributed by atoms with van der Waals surface area (Å²) in [5.74, 6) is 2.14. The van der Waals surface area contributed by atoms with Crippen LogP contribution in [0.2, 0.25) is 0 Å². The highest BCUT2D eigenvalue weighted by atomic mass is 15.3. The molecule has 0 bridgehead atoms. The average molecular weight is 306 g/mol. The maximum atomic E-state index is 4.49. The monoisotopic (exact) mass is 306 g/mol. The minimum absolute atomic E-state index is 0.487.